The van der Waals surface area contributed by atoms with Crippen LogP contribution in [0.2, 0.25) is 5.15 Å². The second kappa shape index (κ2) is 7.07. The van der Waals surface area contributed by atoms with Gasteiger partial charge in [-0.15, -0.1) is 0 Å². The molecular formula is C19H19ClN4O. The Morgan fingerprint density at radius 2 is 1.76 bits per heavy atom. The lowest BCUT2D eigenvalue weighted by molar-refractivity contribution is 0.124. The van der Waals surface area contributed by atoms with Gasteiger partial charge in [0.1, 0.15) is 10.8 Å². The summed E-state index contributed by atoms with van der Waals surface area (Å²) in [4.78, 5) is 13.0. The molecule has 2 heterocycles. The lowest BCUT2D eigenvalue weighted by Gasteiger charge is -2.20. The summed E-state index contributed by atoms with van der Waals surface area (Å²) in [5, 5.41) is 3.53. The highest BCUT2D eigenvalue weighted by molar-refractivity contribution is 6.29. The van der Waals surface area contributed by atoms with Gasteiger partial charge >= 0.3 is 0 Å². The molecule has 0 bridgehead atoms. The van der Waals surface area contributed by atoms with E-state index in [2.05, 4.69) is 20.3 Å². The molecule has 0 unspecified atom stereocenters. The van der Waals surface area contributed by atoms with Crippen molar-refractivity contribution in [1.29, 1.82) is 0 Å². The number of hydrogen-bond acceptors (Lipinski definition) is 5. The van der Waals surface area contributed by atoms with Crippen LogP contribution in [0.25, 0.3) is 11.3 Å². The topological polar surface area (TPSA) is 59.9 Å². The van der Waals surface area contributed by atoms with Crippen molar-refractivity contribution in [2.24, 2.45) is 0 Å². The minimum absolute atomic E-state index is 0.355. The van der Waals surface area contributed by atoms with E-state index in [-0.39, 0.29) is 5.60 Å². The number of nitrogens with zero attached hydrogens (tertiary/aromatic N) is 3. The van der Waals surface area contributed by atoms with Crippen LogP contribution in [0.15, 0.2) is 54.7 Å². The molecule has 0 fully saturated rings. The van der Waals surface area contributed by atoms with E-state index in [1.807, 2.05) is 63.2 Å². The number of pyridine rings is 1. The van der Waals surface area contributed by atoms with Crippen molar-refractivity contribution >= 4 is 23.2 Å². The largest absolute Gasteiger partial charge is 0.472 e. The van der Waals surface area contributed by atoms with Crippen LogP contribution in [-0.2, 0) is 0 Å². The third-order valence-corrected chi connectivity index (χ3v) is 3.36. The fraction of sp³-hybridized carbons (Fsp3) is 0.211. The number of anilines is 2. The zero-order chi connectivity index (χ0) is 17.9. The van der Waals surface area contributed by atoms with Crippen molar-refractivity contribution in [2.45, 2.75) is 26.4 Å². The molecule has 1 N–H and O–H groups in total. The summed E-state index contributed by atoms with van der Waals surface area (Å²) in [5.41, 5.74) is 2.11. The summed E-state index contributed by atoms with van der Waals surface area (Å²) in [7, 11) is 0. The molecule has 6 heteroatoms. The Balaban J connectivity index is 1.90. The van der Waals surface area contributed by atoms with Crippen LogP contribution in [0.1, 0.15) is 20.8 Å². The maximum Gasteiger partial charge on any atom is 0.227 e. The van der Waals surface area contributed by atoms with Crippen molar-refractivity contribution in [3.05, 3.63) is 59.9 Å². The Labute approximate surface area is 152 Å². The van der Waals surface area contributed by atoms with Crippen LogP contribution in [-0.4, -0.2) is 20.6 Å². The Morgan fingerprint density at radius 3 is 2.48 bits per heavy atom. The van der Waals surface area contributed by atoms with Crippen LogP contribution >= 0.6 is 11.6 Å². The number of nitrogens with one attached hydrogen (secondary N) is 1. The van der Waals surface area contributed by atoms with Gasteiger partial charge in [-0.2, -0.15) is 0 Å². The number of ether oxygens (including phenoxy) is 1. The van der Waals surface area contributed by atoms with E-state index in [1.54, 1.807) is 12.3 Å². The SMILES string of the molecule is CC(C)(C)Oc1cc(-c2ccnc(Nc3ccccc3)n2)cc(Cl)n1. The summed E-state index contributed by atoms with van der Waals surface area (Å²) in [6, 6.07) is 15.2. The van der Waals surface area contributed by atoms with Gasteiger partial charge in [-0.25, -0.2) is 15.0 Å². The highest BCUT2D eigenvalue weighted by Gasteiger charge is 2.15. The van der Waals surface area contributed by atoms with Crippen molar-refractivity contribution in [2.75, 3.05) is 5.32 Å². The van der Waals surface area contributed by atoms with Crippen LogP contribution in [0.5, 0.6) is 5.88 Å². The fourth-order valence-electron chi connectivity index (χ4n) is 2.22. The van der Waals surface area contributed by atoms with E-state index in [0.717, 1.165) is 16.9 Å². The predicted molar refractivity (Wildman–Crippen MR) is 100 cm³/mol. The number of halogens is 1. The lowest BCUT2D eigenvalue weighted by Crippen LogP contribution is -2.23. The van der Waals surface area contributed by atoms with Crippen molar-refractivity contribution in [3.8, 4) is 17.1 Å². The van der Waals surface area contributed by atoms with E-state index in [0.29, 0.717) is 17.0 Å². The van der Waals surface area contributed by atoms with Crippen LogP contribution in [0.4, 0.5) is 11.6 Å². The fourth-order valence-corrected chi connectivity index (χ4v) is 2.42. The standard InChI is InChI=1S/C19H19ClN4O/c1-19(2,3)25-17-12-13(11-16(20)24-17)15-9-10-21-18(23-15)22-14-7-5-4-6-8-14/h4-12H,1-3H3,(H,21,22,23). The molecule has 0 spiro atoms. The maximum atomic E-state index is 6.15. The molecule has 3 aromatic rings. The predicted octanol–water partition coefficient (Wildman–Crippen LogP) is 5.11. The molecule has 0 aliphatic carbocycles. The van der Waals surface area contributed by atoms with Crippen LogP contribution < -0.4 is 10.1 Å². The van der Waals surface area contributed by atoms with Crippen molar-refractivity contribution in [1.82, 2.24) is 15.0 Å². The van der Waals surface area contributed by atoms with Gasteiger partial charge in [-0.1, -0.05) is 29.8 Å². The van der Waals surface area contributed by atoms with Gasteiger partial charge < -0.3 is 10.1 Å². The second-order valence-corrected chi connectivity index (χ2v) is 6.87. The molecule has 5 nitrogen and oxygen atoms in total. The quantitative estimate of drug-likeness (QED) is 0.659. The minimum Gasteiger partial charge on any atom is -0.472 e. The lowest BCUT2D eigenvalue weighted by atomic mass is 10.1. The molecule has 2 aromatic heterocycles. The summed E-state index contributed by atoms with van der Waals surface area (Å²) < 4.78 is 5.82. The monoisotopic (exact) mass is 354 g/mol. The minimum atomic E-state index is -0.360. The molecule has 0 aliphatic heterocycles. The van der Waals surface area contributed by atoms with E-state index in [9.17, 15) is 0 Å². The number of aromatic nitrogens is 3. The third kappa shape index (κ3) is 4.90. The summed E-state index contributed by atoms with van der Waals surface area (Å²) in [6.45, 7) is 5.88. The first-order valence-corrected chi connectivity index (χ1v) is 8.29. The zero-order valence-electron chi connectivity index (χ0n) is 14.3. The van der Waals surface area contributed by atoms with Gasteiger partial charge in [0.15, 0.2) is 0 Å². The van der Waals surface area contributed by atoms with Gasteiger partial charge in [0.05, 0.1) is 5.69 Å². The first-order valence-electron chi connectivity index (χ1n) is 7.91. The summed E-state index contributed by atoms with van der Waals surface area (Å²) >= 11 is 6.15. The van der Waals surface area contributed by atoms with E-state index in [1.165, 1.54) is 0 Å². The third-order valence-electron chi connectivity index (χ3n) is 3.16. The first kappa shape index (κ1) is 17.2. The number of para-hydroxylation sites is 1. The van der Waals surface area contributed by atoms with Crippen LogP contribution in [0.3, 0.4) is 0 Å². The molecule has 0 saturated carbocycles. The molecule has 0 saturated heterocycles. The molecule has 128 valence electrons. The Hall–Kier alpha value is -2.66. The van der Waals surface area contributed by atoms with Crippen molar-refractivity contribution < 1.29 is 4.74 Å². The first-order chi connectivity index (χ1) is 11.9. The molecule has 0 atom stereocenters. The molecule has 0 aliphatic rings. The molecule has 25 heavy (non-hydrogen) atoms. The molecule has 3 rings (SSSR count). The molecule has 0 radical (unpaired) electrons. The maximum absolute atomic E-state index is 6.15. The van der Waals surface area contributed by atoms with Crippen LogP contribution in [0, 0.1) is 0 Å². The van der Waals surface area contributed by atoms with Gasteiger partial charge in [0, 0.05) is 23.5 Å². The Bertz CT molecular complexity index is 863. The summed E-state index contributed by atoms with van der Waals surface area (Å²) in [5.74, 6) is 0.973. The number of benzene rings is 1. The van der Waals surface area contributed by atoms with E-state index >= 15 is 0 Å². The van der Waals surface area contributed by atoms with E-state index < -0.39 is 0 Å². The molecule has 1 aromatic carbocycles. The van der Waals surface area contributed by atoms with Gasteiger partial charge in [0.2, 0.25) is 11.8 Å². The van der Waals surface area contributed by atoms with Gasteiger partial charge in [-0.3, -0.25) is 0 Å². The van der Waals surface area contributed by atoms with Gasteiger partial charge in [-0.05, 0) is 45.0 Å². The average Bonchev–Trinajstić information content (AvgIpc) is 2.54. The molecular weight excluding hydrogens is 336 g/mol. The normalized spacial score (nSPS) is 11.2. The highest BCUT2D eigenvalue weighted by atomic mass is 35.5. The number of hydrogen-bond donors (Lipinski definition) is 1. The Morgan fingerprint density at radius 1 is 1.00 bits per heavy atom. The van der Waals surface area contributed by atoms with Gasteiger partial charge in [0.25, 0.3) is 0 Å². The highest BCUT2D eigenvalue weighted by Crippen LogP contribution is 2.27. The molecule has 0 amide bonds. The number of rotatable bonds is 4. The summed E-state index contributed by atoms with van der Waals surface area (Å²) in [6.07, 6.45) is 1.70. The van der Waals surface area contributed by atoms with E-state index in [4.69, 9.17) is 16.3 Å². The smallest absolute Gasteiger partial charge is 0.227 e. The second-order valence-electron chi connectivity index (χ2n) is 6.49. The van der Waals surface area contributed by atoms with Crippen molar-refractivity contribution in [3.63, 3.8) is 0 Å². The average molecular weight is 355 g/mol. The zero-order valence-corrected chi connectivity index (χ0v) is 15.1. The Kier molecular flexibility index (Phi) is 4.86.